The van der Waals surface area contributed by atoms with Crippen LogP contribution >= 0.6 is 11.3 Å². The fourth-order valence-corrected chi connectivity index (χ4v) is 2.44. The van der Waals surface area contributed by atoms with Crippen molar-refractivity contribution in [3.05, 3.63) is 34.5 Å². The first-order chi connectivity index (χ1) is 8.65. The van der Waals surface area contributed by atoms with Crippen LogP contribution in [0.4, 0.5) is 0 Å². The third kappa shape index (κ3) is 3.05. The minimum Gasteiger partial charge on any atom is -0.351 e. The van der Waals surface area contributed by atoms with E-state index in [-0.39, 0.29) is 6.54 Å². The van der Waals surface area contributed by atoms with E-state index < -0.39 is 17.6 Å². The summed E-state index contributed by atoms with van der Waals surface area (Å²) in [6.45, 7) is 5.63. The van der Waals surface area contributed by atoms with Gasteiger partial charge in [0.1, 0.15) is 0 Å². The van der Waals surface area contributed by atoms with E-state index in [0.29, 0.717) is 11.3 Å². The lowest BCUT2D eigenvalue weighted by Crippen LogP contribution is -2.34. The number of aryl methyl sites for hydroxylation is 1. The van der Waals surface area contributed by atoms with Crippen LogP contribution in [0.3, 0.4) is 0 Å². The second kappa shape index (κ2) is 6.72. The molecule has 0 aliphatic carbocycles. The highest BCUT2D eigenvalue weighted by Gasteiger charge is 2.29. The first-order valence-electron chi connectivity index (χ1n) is 5.54. The van der Waals surface area contributed by atoms with Crippen molar-refractivity contribution >= 4 is 23.0 Å². The van der Waals surface area contributed by atoms with Gasteiger partial charge in [0.25, 0.3) is 0 Å². The molecule has 5 heteroatoms. The van der Waals surface area contributed by atoms with Gasteiger partial charge in [0.15, 0.2) is 11.7 Å². The minimum atomic E-state index is -1.28. The lowest BCUT2D eigenvalue weighted by molar-refractivity contribution is -0.121. The molecule has 1 amide bonds. The van der Waals surface area contributed by atoms with Crippen molar-refractivity contribution in [1.29, 1.82) is 5.26 Å². The van der Waals surface area contributed by atoms with Gasteiger partial charge in [0.05, 0.1) is 10.9 Å². The molecule has 0 aliphatic rings. The van der Waals surface area contributed by atoms with E-state index in [4.69, 9.17) is 5.26 Å². The molecule has 18 heavy (non-hydrogen) atoms. The van der Waals surface area contributed by atoms with Crippen molar-refractivity contribution in [2.45, 2.75) is 13.3 Å². The van der Waals surface area contributed by atoms with Crippen LogP contribution in [-0.4, -0.2) is 18.2 Å². The first-order valence-corrected chi connectivity index (χ1v) is 6.42. The molecule has 1 rings (SSSR count). The highest BCUT2D eigenvalue weighted by molar-refractivity contribution is 7.12. The number of hydrogen-bond acceptors (Lipinski definition) is 4. The molecule has 1 aromatic rings. The fourth-order valence-electron chi connectivity index (χ4n) is 1.47. The van der Waals surface area contributed by atoms with Gasteiger partial charge in [-0.25, -0.2) is 0 Å². The number of nitrogens with zero attached hydrogens (tertiary/aromatic N) is 1. The Morgan fingerprint density at radius 3 is 2.94 bits per heavy atom. The van der Waals surface area contributed by atoms with Gasteiger partial charge in [-0.05, 0) is 23.4 Å². The van der Waals surface area contributed by atoms with Crippen molar-refractivity contribution in [3.63, 3.8) is 0 Å². The van der Waals surface area contributed by atoms with E-state index in [0.717, 1.165) is 5.56 Å². The van der Waals surface area contributed by atoms with Crippen LogP contribution < -0.4 is 5.32 Å². The Kier molecular flexibility index (Phi) is 5.28. The SMILES string of the molecule is C=CCNC(=O)[C@H](C#N)C(=O)c1sccc1CC. The average Bonchev–Trinajstić information content (AvgIpc) is 2.85. The molecule has 1 N–H and O–H groups in total. The van der Waals surface area contributed by atoms with Crippen LogP contribution in [0.5, 0.6) is 0 Å². The number of amides is 1. The number of nitriles is 1. The summed E-state index contributed by atoms with van der Waals surface area (Å²) in [5, 5.41) is 13.2. The predicted molar refractivity (Wildman–Crippen MR) is 70.3 cm³/mol. The smallest absolute Gasteiger partial charge is 0.245 e. The molecule has 0 saturated carbocycles. The van der Waals surface area contributed by atoms with Crippen molar-refractivity contribution < 1.29 is 9.59 Å². The molecule has 0 aliphatic heterocycles. The van der Waals surface area contributed by atoms with E-state index >= 15 is 0 Å². The highest BCUT2D eigenvalue weighted by atomic mass is 32.1. The molecule has 0 spiro atoms. The maximum atomic E-state index is 12.1. The molecule has 1 heterocycles. The van der Waals surface area contributed by atoms with E-state index in [1.54, 1.807) is 11.4 Å². The van der Waals surface area contributed by atoms with Crippen LogP contribution in [0.2, 0.25) is 0 Å². The number of rotatable bonds is 6. The molecule has 94 valence electrons. The molecular weight excluding hydrogens is 248 g/mol. The molecule has 0 saturated heterocycles. The number of carbonyl (C=O) groups excluding carboxylic acids is 2. The molecule has 0 radical (unpaired) electrons. The van der Waals surface area contributed by atoms with Gasteiger partial charge in [-0.3, -0.25) is 9.59 Å². The molecule has 1 aromatic heterocycles. The normalized spacial score (nSPS) is 11.3. The third-order valence-electron chi connectivity index (χ3n) is 2.43. The molecule has 1 atom stereocenters. The Balaban J connectivity index is 2.90. The maximum absolute atomic E-state index is 12.1. The minimum absolute atomic E-state index is 0.245. The summed E-state index contributed by atoms with van der Waals surface area (Å²) in [5.41, 5.74) is 0.877. The summed E-state index contributed by atoms with van der Waals surface area (Å²) in [4.78, 5) is 24.3. The van der Waals surface area contributed by atoms with Gasteiger partial charge in [0, 0.05) is 6.54 Å². The Hall–Kier alpha value is -1.93. The topological polar surface area (TPSA) is 70.0 Å². The number of thiophene rings is 1. The molecule has 0 bridgehead atoms. The average molecular weight is 262 g/mol. The van der Waals surface area contributed by atoms with E-state index in [1.807, 2.05) is 13.0 Å². The van der Waals surface area contributed by atoms with Crippen LogP contribution in [0, 0.1) is 17.2 Å². The van der Waals surface area contributed by atoms with Crippen LogP contribution in [0.1, 0.15) is 22.2 Å². The second-order valence-corrected chi connectivity index (χ2v) is 4.50. The van der Waals surface area contributed by atoms with Crippen molar-refractivity contribution in [2.75, 3.05) is 6.54 Å². The summed E-state index contributed by atoms with van der Waals surface area (Å²) in [6, 6.07) is 3.60. The quantitative estimate of drug-likeness (QED) is 0.484. The number of ketones is 1. The molecule has 0 fully saturated rings. The summed E-state index contributed by atoms with van der Waals surface area (Å²) in [5.74, 6) is -2.28. The van der Waals surface area contributed by atoms with Gasteiger partial charge >= 0.3 is 0 Å². The van der Waals surface area contributed by atoms with Crippen LogP contribution in [-0.2, 0) is 11.2 Å². The van der Waals surface area contributed by atoms with Gasteiger partial charge in [-0.15, -0.1) is 17.9 Å². The molecule has 4 nitrogen and oxygen atoms in total. The summed E-state index contributed by atoms with van der Waals surface area (Å²) in [7, 11) is 0. The number of hydrogen-bond donors (Lipinski definition) is 1. The zero-order chi connectivity index (χ0) is 13.5. The number of Topliss-reactive ketones (excluding diaryl/α,β-unsaturated/α-hetero) is 1. The van der Waals surface area contributed by atoms with Gasteiger partial charge in [-0.1, -0.05) is 13.0 Å². The maximum Gasteiger partial charge on any atom is 0.245 e. The largest absolute Gasteiger partial charge is 0.351 e. The Labute approximate surface area is 110 Å². The van der Waals surface area contributed by atoms with Gasteiger partial charge in [-0.2, -0.15) is 5.26 Å². The van der Waals surface area contributed by atoms with Crippen molar-refractivity contribution in [1.82, 2.24) is 5.32 Å². The fraction of sp³-hybridized carbons (Fsp3) is 0.308. The van der Waals surface area contributed by atoms with Crippen LogP contribution in [0.25, 0.3) is 0 Å². The summed E-state index contributed by atoms with van der Waals surface area (Å²) in [6.07, 6.45) is 2.20. The molecule has 0 aromatic carbocycles. The Morgan fingerprint density at radius 2 is 2.39 bits per heavy atom. The van der Waals surface area contributed by atoms with Crippen molar-refractivity contribution in [3.8, 4) is 6.07 Å². The predicted octanol–water partition coefficient (Wildman–Crippen LogP) is 1.94. The van der Waals surface area contributed by atoms with Crippen LogP contribution in [0.15, 0.2) is 24.1 Å². The highest BCUT2D eigenvalue weighted by Crippen LogP contribution is 2.21. The molecular formula is C13H14N2O2S. The van der Waals surface area contributed by atoms with E-state index in [9.17, 15) is 9.59 Å². The summed E-state index contributed by atoms with van der Waals surface area (Å²) < 4.78 is 0. The zero-order valence-corrected chi connectivity index (χ0v) is 10.9. The van der Waals surface area contributed by atoms with Gasteiger partial charge < -0.3 is 5.32 Å². The monoisotopic (exact) mass is 262 g/mol. The Bertz CT molecular complexity index is 499. The first kappa shape index (κ1) is 14.1. The lowest BCUT2D eigenvalue weighted by Gasteiger charge is -2.08. The zero-order valence-electron chi connectivity index (χ0n) is 10.1. The third-order valence-corrected chi connectivity index (χ3v) is 3.40. The number of nitrogens with one attached hydrogen (secondary N) is 1. The van der Waals surface area contributed by atoms with E-state index in [2.05, 4.69) is 11.9 Å². The summed E-state index contributed by atoms with van der Waals surface area (Å²) >= 11 is 1.27. The lowest BCUT2D eigenvalue weighted by atomic mass is 10.0. The standard InChI is InChI=1S/C13H14N2O2S/c1-3-6-15-13(17)10(8-14)11(16)12-9(4-2)5-7-18-12/h3,5,7,10H,1,4,6H2,2H3,(H,15,17)/t10-/m1/s1. The van der Waals surface area contributed by atoms with E-state index in [1.165, 1.54) is 17.4 Å². The van der Waals surface area contributed by atoms with Gasteiger partial charge in [0.2, 0.25) is 5.91 Å². The second-order valence-electron chi connectivity index (χ2n) is 3.59. The molecule has 0 unspecified atom stereocenters. The van der Waals surface area contributed by atoms with Crippen molar-refractivity contribution in [2.24, 2.45) is 5.92 Å². The Morgan fingerprint density at radius 1 is 1.67 bits per heavy atom. The number of carbonyl (C=O) groups is 2.